The Bertz CT molecular complexity index is 729. The van der Waals surface area contributed by atoms with Gasteiger partial charge < -0.3 is 10.6 Å². The van der Waals surface area contributed by atoms with E-state index < -0.39 is 17.5 Å². The molecular weight excluding hydrogens is 330 g/mol. The molecule has 6 heteroatoms. The van der Waals surface area contributed by atoms with Crippen molar-refractivity contribution >= 4 is 17.8 Å². The summed E-state index contributed by atoms with van der Waals surface area (Å²) in [6.45, 7) is 1.94. The van der Waals surface area contributed by atoms with Crippen molar-refractivity contribution in [1.82, 2.24) is 15.5 Å². The standard InChI is InChI=1S/C20H25N3O3/c1-20(16-10-6-3-7-11-16)18(25)23(19(26)22-20)14-17(24)21-13-12-15-8-4-2-5-9-15/h3,6-8,10-11H,2,4-5,9,12-14H2,1H3,(H,21,24)(H,22,26)/t20-/m0/s1. The Morgan fingerprint density at radius 1 is 1.23 bits per heavy atom. The molecule has 0 spiro atoms. The molecule has 2 aliphatic rings. The second-order valence-corrected chi connectivity index (χ2v) is 7.02. The summed E-state index contributed by atoms with van der Waals surface area (Å²) in [6.07, 6.45) is 7.73. The van der Waals surface area contributed by atoms with Crippen molar-refractivity contribution < 1.29 is 14.4 Å². The Morgan fingerprint density at radius 2 is 2.00 bits per heavy atom. The molecule has 1 aromatic carbocycles. The van der Waals surface area contributed by atoms with Gasteiger partial charge in [0.25, 0.3) is 5.91 Å². The van der Waals surface area contributed by atoms with Gasteiger partial charge in [-0.2, -0.15) is 0 Å². The van der Waals surface area contributed by atoms with Crippen molar-refractivity contribution in [1.29, 1.82) is 0 Å². The van der Waals surface area contributed by atoms with Gasteiger partial charge in [-0.1, -0.05) is 42.0 Å². The summed E-state index contributed by atoms with van der Waals surface area (Å²) in [6, 6.07) is 8.52. The molecule has 26 heavy (non-hydrogen) atoms. The van der Waals surface area contributed by atoms with Crippen LogP contribution in [0.1, 0.15) is 44.6 Å². The van der Waals surface area contributed by atoms with E-state index in [0.717, 1.165) is 24.2 Å². The molecule has 1 aromatic rings. The molecule has 3 rings (SSSR count). The normalized spacial score (nSPS) is 22.8. The highest BCUT2D eigenvalue weighted by atomic mass is 16.2. The second-order valence-electron chi connectivity index (χ2n) is 7.02. The van der Waals surface area contributed by atoms with Crippen LogP contribution in [0.5, 0.6) is 0 Å². The van der Waals surface area contributed by atoms with Gasteiger partial charge in [-0.05, 0) is 44.6 Å². The van der Waals surface area contributed by atoms with Gasteiger partial charge in [-0.25, -0.2) is 4.79 Å². The number of carbonyl (C=O) groups excluding carboxylic acids is 3. The van der Waals surface area contributed by atoms with Crippen LogP contribution < -0.4 is 10.6 Å². The number of benzene rings is 1. The van der Waals surface area contributed by atoms with Gasteiger partial charge in [0.1, 0.15) is 12.1 Å². The van der Waals surface area contributed by atoms with E-state index in [1.165, 1.54) is 18.4 Å². The second kappa shape index (κ2) is 7.72. The number of urea groups is 1. The fraction of sp³-hybridized carbons (Fsp3) is 0.450. The Hall–Kier alpha value is -2.63. The van der Waals surface area contributed by atoms with Crippen molar-refractivity contribution in [2.45, 2.75) is 44.6 Å². The van der Waals surface area contributed by atoms with Gasteiger partial charge in [-0.15, -0.1) is 0 Å². The van der Waals surface area contributed by atoms with Gasteiger partial charge in [-0.3, -0.25) is 14.5 Å². The van der Waals surface area contributed by atoms with E-state index in [1.807, 2.05) is 18.2 Å². The van der Waals surface area contributed by atoms with E-state index in [4.69, 9.17) is 0 Å². The predicted molar refractivity (Wildman–Crippen MR) is 98.2 cm³/mol. The molecule has 1 heterocycles. The van der Waals surface area contributed by atoms with Gasteiger partial charge in [0.2, 0.25) is 5.91 Å². The van der Waals surface area contributed by atoms with E-state index >= 15 is 0 Å². The van der Waals surface area contributed by atoms with Crippen LogP contribution in [0.3, 0.4) is 0 Å². The van der Waals surface area contributed by atoms with Crippen molar-refractivity contribution in [2.24, 2.45) is 0 Å². The van der Waals surface area contributed by atoms with Crippen LogP contribution in [0.15, 0.2) is 42.0 Å². The summed E-state index contributed by atoms with van der Waals surface area (Å²) < 4.78 is 0. The average Bonchev–Trinajstić information content (AvgIpc) is 2.87. The maximum absolute atomic E-state index is 12.7. The number of amides is 4. The lowest BCUT2D eigenvalue weighted by Crippen LogP contribution is -2.43. The predicted octanol–water partition coefficient (Wildman–Crippen LogP) is 2.46. The highest BCUT2D eigenvalue weighted by Gasteiger charge is 2.49. The summed E-state index contributed by atoms with van der Waals surface area (Å²) in [5, 5.41) is 5.52. The summed E-state index contributed by atoms with van der Waals surface area (Å²) in [5.74, 6) is -0.721. The first-order chi connectivity index (χ1) is 12.5. The molecule has 1 aliphatic carbocycles. The third kappa shape index (κ3) is 3.79. The summed E-state index contributed by atoms with van der Waals surface area (Å²) in [7, 11) is 0. The zero-order valence-electron chi connectivity index (χ0n) is 15.1. The smallest absolute Gasteiger partial charge is 0.325 e. The summed E-state index contributed by atoms with van der Waals surface area (Å²) in [4.78, 5) is 38.1. The van der Waals surface area contributed by atoms with Crippen LogP contribution in [0.25, 0.3) is 0 Å². The number of imide groups is 1. The van der Waals surface area contributed by atoms with E-state index in [2.05, 4.69) is 16.7 Å². The first-order valence-electron chi connectivity index (χ1n) is 9.15. The minimum atomic E-state index is -1.13. The number of allylic oxidation sites excluding steroid dienone is 1. The first-order valence-corrected chi connectivity index (χ1v) is 9.15. The number of rotatable bonds is 6. The zero-order valence-corrected chi connectivity index (χ0v) is 15.1. The van der Waals surface area contributed by atoms with E-state index in [1.54, 1.807) is 19.1 Å². The molecule has 0 bridgehead atoms. The van der Waals surface area contributed by atoms with Gasteiger partial charge in [0.15, 0.2) is 0 Å². The van der Waals surface area contributed by atoms with Crippen molar-refractivity contribution in [3.05, 3.63) is 47.5 Å². The van der Waals surface area contributed by atoms with Crippen LogP contribution in [-0.4, -0.2) is 35.8 Å². The molecule has 0 radical (unpaired) electrons. The Labute approximate surface area is 153 Å². The average molecular weight is 355 g/mol. The monoisotopic (exact) mass is 355 g/mol. The topological polar surface area (TPSA) is 78.5 Å². The SMILES string of the molecule is C[C@@]1(c2ccccc2)NC(=O)N(CC(=O)NCCC2=CCCCC2)C1=O. The summed E-state index contributed by atoms with van der Waals surface area (Å²) in [5.41, 5.74) is 0.944. The Balaban J connectivity index is 1.56. The molecule has 0 saturated carbocycles. The third-order valence-corrected chi connectivity index (χ3v) is 5.08. The maximum Gasteiger partial charge on any atom is 0.325 e. The Kier molecular flexibility index (Phi) is 5.40. The molecule has 138 valence electrons. The van der Waals surface area contributed by atoms with E-state index in [-0.39, 0.29) is 12.5 Å². The van der Waals surface area contributed by atoms with Gasteiger partial charge >= 0.3 is 6.03 Å². The molecular formula is C20H25N3O3. The number of carbonyl (C=O) groups is 3. The summed E-state index contributed by atoms with van der Waals surface area (Å²) >= 11 is 0. The quantitative estimate of drug-likeness (QED) is 0.608. The first kappa shape index (κ1) is 18.2. The molecule has 0 aromatic heterocycles. The highest BCUT2D eigenvalue weighted by molar-refractivity contribution is 6.09. The minimum absolute atomic E-state index is 0.258. The fourth-order valence-electron chi connectivity index (χ4n) is 3.50. The van der Waals surface area contributed by atoms with Gasteiger partial charge in [0.05, 0.1) is 0 Å². The van der Waals surface area contributed by atoms with Crippen LogP contribution in [0.2, 0.25) is 0 Å². The highest BCUT2D eigenvalue weighted by Crippen LogP contribution is 2.28. The molecule has 2 N–H and O–H groups in total. The number of nitrogens with one attached hydrogen (secondary N) is 2. The molecule has 0 unspecified atom stereocenters. The van der Waals surface area contributed by atoms with Crippen LogP contribution in [0.4, 0.5) is 4.79 Å². The van der Waals surface area contributed by atoms with Crippen molar-refractivity contribution in [2.75, 3.05) is 13.1 Å². The van der Waals surface area contributed by atoms with Gasteiger partial charge in [0, 0.05) is 6.54 Å². The van der Waals surface area contributed by atoms with Crippen molar-refractivity contribution in [3.8, 4) is 0 Å². The Morgan fingerprint density at radius 3 is 2.69 bits per heavy atom. The number of nitrogens with zero attached hydrogens (tertiary/aromatic N) is 1. The van der Waals surface area contributed by atoms with E-state index in [0.29, 0.717) is 12.1 Å². The minimum Gasteiger partial charge on any atom is -0.354 e. The zero-order chi connectivity index (χ0) is 18.6. The van der Waals surface area contributed by atoms with Crippen LogP contribution in [0, 0.1) is 0 Å². The molecule has 4 amide bonds. The van der Waals surface area contributed by atoms with Crippen LogP contribution >= 0.6 is 0 Å². The molecule has 1 atom stereocenters. The lowest BCUT2D eigenvalue weighted by atomic mass is 9.92. The number of hydrogen-bond acceptors (Lipinski definition) is 3. The molecule has 1 saturated heterocycles. The van der Waals surface area contributed by atoms with Crippen LogP contribution in [-0.2, 0) is 15.1 Å². The number of hydrogen-bond donors (Lipinski definition) is 2. The fourth-order valence-corrected chi connectivity index (χ4v) is 3.50. The largest absolute Gasteiger partial charge is 0.354 e. The molecule has 1 aliphatic heterocycles. The lowest BCUT2D eigenvalue weighted by Gasteiger charge is -2.22. The molecule has 6 nitrogen and oxygen atoms in total. The van der Waals surface area contributed by atoms with Crippen molar-refractivity contribution in [3.63, 3.8) is 0 Å². The third-order valence-electron chi connectivity index (χ3n) is 5.08. The van der Waals surface area contributed by atoms with E-state index in [9.17, 15) is 14.4 Å². The lowest BCUT2D eigenvalue weighted by molar-refractivity contribution is -0.134. The maximum atomic E-state index is 12.7. The molecule has 1 fully saturated rings.